The van der Waals surface area contributed by atoms with E-state index >= 15 is 0 Å². The van der Waals surface area contributed by atoms with Gasteiger partial charge < -0.3 is 19.5 Å². The van der Waals surface area contributed by atoms with Crippen LogP contribution in [0.4, 0.5) is 0 Å². The Morgan fingerprint density at radius 3 is 2.44 bits per heavy atom. The number of rotatable bonds is 9. The molecule has 1 heterocycles. The molecule has 0 bridgehead atoms. The number of hydrogen-bond acceptors (Lipinski definition) is 5. The number of aliphatic hydroxyl groups is 1. The van der Waals surface area contributed by atoms with E-state index in [1.165, 1.54) is 0 Å². The van der Waals surface area contributed by atoms with Gasteiger partial charge in [0.15, 0.2) is 0 Å². The van der Waals surface area contributed by atoms with Gasteiger partial charge in [-0.05, 0) is 60.2 Å². The van der Waals surface area contributed by atoms with Crippen molar-refractivity contribution in [2.75, 3.05) is 20.8 Å². The van der Waals surface area contributed by atoms with E-state index in [1.807, 2.05) is 57.2 Å². The molecule has 2 aromatic carbocycles. The number of unbranched alkanes of at least 4 members (excludes halogenated alkanes) is 2. The minimum Gasteiger partial charge on any atom is -0.507 e. The topological polar surface area (TPSA) is 76.1 Å². The lowest BCUT2D eigenvalue weighted by molar-refractivity contribution is -0.139. The lowest BCUT2D eigenvalue weighted by atomic mass is 9.91. The number of hydrogen-bond donors (Lipinski definition) is 1. The second-order valence-electron chi connectivity index (χ2n) is 9.04. The minimum absolute atomic E-state index is 0.109. The molecule has 1 atom stereocenters. The first-order valence-electron chi connectivity index (χ1n) is 11.9. The highest BCUT2D eigenvalue weighted by Gasteiger charge is 2.46. The summed E-state index contributed by atoms with van der Waals surface area (Å²) in [5.74, 6) is 0.0931. The largest absolute Gasteiger partial charge is 0.507 e. The van der Waals surface area contributed by atoms with Crippen LogP contribution in [-0.4, -0.2) is 42.5 Å². The predicted octanol–water partition coefficient (Wildman–Crippen LogP) is 5.75. The zero-order valence-electron chi connectivity index (χ0n) is 21.0. The molecule has 1 N–H and O–H groups in total. The van der Waals surface area contributed by atoms with Crippen LogP contribution in [0.15, 0.2) is 42.0 Å². The predicted molar refractivity (Wildman–Crippen MR) is 133 cm³/mol. The molecule has 0 saturated carbocycles. The Hall–Kier alpha value is -3.28. The van der Waals surface area contributed by atoms with E-state index in [1.54, 1.807) is 19.1 Å². The van der Waals surface area contributed by atoms with E-state index in [9.17, 15) is 14.7 Å². The van der Waals surface area contributed by atoms with Crippen molar-refractivity contribution < 1.29 is 24.2 Å². The molecule has 0 spiro atoms. The molecular weight excluding hydrogens is 430 g/mol. The third-order valence-corrected chi connectivity index (χ3v) is 6.41. The molecule has 2 aromatic rings. The first-order valence-corrected chi connectivity index (χ1v) is 11.9. The third-order valence-electron chi connectivity index (χ3n) is 6.41. The highest BCUT2D eigenvalue weighted by molar-refractivity contribution is 6.46. The van der Waals surface area contributed by atoms with Gasteiger partial charge in [0.05, 0.1) is 25.8 Å². The van der Waals surface area contributed by atoms with E-state index in [4.69, 9.17) is 9.47 Å². The number of ether oxygens (including phenoxy) is 2. The van der Waals surface area contributed by atoms with E-state index in [0.717, 1.165) is 41.7 Å². The SMILES string of the molecule is CCCCCN1C(=O)C(=O)/C(=C(/O)c2cc(C(C)C)c(OC)cc2C)C1c1cccc(OC)c1. The minimum atomic E-state index is -0.684. The van der Waals surface area contributed by atoms with Crippen molar-refractivity contribution in [3.8, 4) is 11.5 Å². The summed E-state index contributed by atoms with van der Waals surface area (Å²) in [4.78, 5) is 28.0. The Bertz CT molecular complexity index is 1100. The molecule has 1 amide bonds. The number of carbonyl (C=O) groups excluding carboxylic acids is 2. The first kappa shape index (κ1) is 25.3. The number of amides is 1. The van der Waals surface area contributed by atoms with Gasteiger partial charge in [-0.15, -0.1) is 0 Å². The van der Waals surface area contributed by atoms with Crippen LogP contribution >= 0.6 is 0 Å². The fraction of sp³-hybridized carbons (Fsp3) is 0.429. The molecule has 0 aromatic heterocycles. The lowest BCUT2D eigenvalue weighted by Gasteiger charge is -2.26. The van der Waals surface area contributed by atoms with E-state index in [0.29, 0.717) is 17.9 Å². The van der Waals surface area contributed by atoms with Crippen molar-refractivity contribution in [2.45, 2.75) is 58.9 Å². The summed E-state index contributed by atoms with van der Waals surface area (Å²) in [5.41, 5.74) is 3.05. The molecule has 1 fully saturated rings. The summed E-state index contributed by atoms with van der Waals surface area (Å²) in [6, 6.07) is 10.4. The van der Waals surface area contributed by atoms with Crippen molar-refractivity contribution >= 4 is 17.4 Å². The number of benzene rings is 2. The van der Waals surface area contributed by atoms with Crippen LogP contribution < -0.4 is 9.47 Å². The lowest BCUT2D eigenvalue weighted by Crippen LogP contribution is -2.30. The number of methoxy groups -OCH3 is 2. The van der Waals surface area contributed by atoms with Gasteiger partial charge in [-0.25, -0.2) is 0 Å². The van der Waals surface area contributed by atoms with Gasteiger partial charge in [0, 0.05) is 12.1 Å². The zero-order chi connectivity index (χ0) is 25.0. The van der Waals surface area contributed by atoms with Gasteiger partial charge in [-0.2, -0.15) is 0 Å². The van der Waals surface area contributed by atoms with Crippen LogP contribution in [0.25, 0.3) is 5.76 Å². The fourth-order valence-corrected chi connectivity index (χ4v) is 4.53. The summed E-state index contributed by atoms with van der Waals surface area (Å²) in [7, 11) is 3.19. The molecule has 182 valence electrons. The van der Waals surface area contributed by atoms with Crippen LogP contribution in [-0.2, 0) is 9.59 Å². The summed E-state index contributed by atoms with van der Waals surface area (Å²) >= 11 is 0. The van der Waals surface area contributed by atoms with Crippen molar-refractivity contribution in [1.82, 2.24) is 4.90 Å². The third kappa shape index (κ3) is 4.81. The van der Waals surface area contributed by atoms with Crippen molar-refractivity contribution in [2.24, 2.45) is 0 Å². The van der Waals surface area contributed by atoms with Crippen LogP contribution in [0.5, 0.6) is 11.5 Å². The average Bonchev–Trinajstić information content (AvgIpc) is 3.08. The molecule has 0 aliphatic carbocycles. The maximum absolute atomic E-state index is 13.3. The monoisotopic (exact) mass is 465 g/mol. The van der Waals surface area contributed by atoms with Crippen LogP contribution in [0.1, 0.15) is 74.2 Å². The van der Waals surface area contributed by atoms with E-state index in [-0.39, 0.29) is 17.3 Å². The first-order chi connectivity index (χ1) is 16.2. The van der Waals surface area contributed by atoms with Crippen molar-refractivity contribution in [3.05, 3.63) is 64.2 Å². The van der Waals surface area contributed by atoms with Gasteiger partial charge in [-0.1, -0.05) is 45.7 Å². The Morgan fingerprint density at radius 2 is 1.82 bits per heavy atom. The molecule has 3 rings (SSSR count). The van der Waals surface area contributed by atoms with Gasteiger partial charge in [-0.3, -0.25) is 9.59 Å². The number of ketones is 1. The number of nitrogens with zero attached hydrogens (tertiary/aromatic N) is 1. The highest BCUT2D eigenvalue weighted by atomic mass is 16.5. The Labute approximate surface area is 202 Å². The van der Waals surface area contributed by atoms with Gasteiger partial charge in [0.2, 0.25) is 0 Å². The van der Waals surface area contributed by atoms with Crippen molar-refractivity contribution in [1.29, 1.82) is 0 Å². The normalized spacial score (nSPS) is 17.5. The van der Waals surface area contributed by atoms with E-state index < -0.39 is 17.7 Å². The summed E-state index contributed by atoms with van der Waals surface area (Å²) in [6.45, 7) is 8.47. The summed E-state index contributed by atoms with van der Waals surface area (Å²) in [5, 5.41) is 11.5. The number of aryl methyl sites for hydroxylation is 1. The average molecular weight is 466 g/mol. The highest BCUT2D eigenvalue weighted by Crippen LogP contribution is 2.42. The molecule has 1 aliphatic heterocycles. The quantitative estimate of drug-likeness (QED) is 0.221. The van der Waals surface area contributed by atoms with Crippen LogP contribution in [0.3, 0.4) is 0 Å². The number of likely N-dealkylation sites (tertiary alicyclic amines) is 1. The molecule has 0 radical (unpaired) electrons. The smallest absolute Gasteiger partial charge is 0.295 e. The van der Waals surface area contributed by atoms with Crippen molar-refractivity contribution in [3.63, 3.8) is 0 Å². The maximum atomic E-state index is 13.3. The van der Waals surface area contributed by atoms with Gasteiger partial charge >= 0.3 is 0 Å². The molecule has 34 heavy (non-hydrogen) atoms. The molecular formula is C28H35NO5. The maximum Gasteiger partial charge on any atom is 0.295 e. The van der Waals surface area contributed by atoms with Gasteiger partial charge in [0.25, 0.3) is 11.7 Å². The Morgan fingerprint density at radius 1 is 1.09 bits per heavy atom. The summed E-state index contributed by atoms with van der Waals surface area (Å²) < 4.78 is 10.9. The Balaban J connectivity index is 2.23. The second kappa shape index (κ2) is 10.8. The molecule has 6 nitrogen and oxygen atoms in total. The van der Waals surface area contributed by atoms with Gasteiger partial charge in [0.1, 0.15) is 17.3 Å². The molecule has 1 unspecified atom stereocenters. The van der Waals surface area contributed by atoms with Crippen LogP contribution in [0.2, 0.25) is 0 Å². The molecule has 1 saturated heterocycles. The van der Waals surface area contributed by atoms with E-state index in [2.05, 4.69) is 6.92 Å². The summed E-state index contributed by atoms with van der Waals surface area (Å²) in [6.07, 6.45) is 2.73. The Kier molecular flexibility index (Phi) is 8.02. The fourth-order valence-electron chi connectivity index (χ4n) is 4.53. The number of aliphatic hydroxyl groups excluding tert-OH is 1. The zero-order valence-corrected chi connectivity index (χ0v) is 21.0. The second-order valence-corrected chi connectivity index (χ2v) is 9.04. The standard InChI is InChI=1S/C28H35NO5/c1-7-8-9-13-29-25(19-11-10-12-20(15-19)33-5)24(27(31)28(29)32)26(30)22-16-21(17(2)3)23(34-6)14-18(22)4/h10-12,14-17,25,30H,7-9,13H2,1-6H3/b26-24+. The molecule has 6 heteroatoms. The molecule has 1 aliphatic rings. The van der Waals surface area contributed by atoms with Crippen LogP contribution in [0, 0.1) is 6.92 Å². The number of carbonyl (C=O) groups is 2. The number of Topliss-reactive ketones (excluding diaryl/α,β-unsaturated/α-hetero) is 1.